The number of nitrogens with zero attached hydrogens (tertiary/aromatic N) is 1. The summed E-state index contributed by atoms with van der Waals surface area (Å²) in [5.74, 6) is -1.62. The van der Waals surface area contributed by atoms with Gasteiger partial charge in [0.05, 0.1) is 32.3 Å². The summed E-state index contributed by atoms with van der Waals surface area (Å²) in [6.45, 7) is 0.879. The fraction of sp³-hybridized carbons (Fsp3) is 0.237. The Morgan fingerprint density at radius 3 is 2.43 bits per heavy atom. The van der Waals surface area contributed by atoms with Crippen molar-refractivity contribution < 1.29 is 42.8 Å². The molecule has 8 rings (SSSR count). The van der Waals surface area contributed by atoms with Crippen molar-refractivity contribution in [2.75, 3.05) is 27.6 Å². The molecule has 3 aliphatic rings. The summed E-state index contributed by atoms with van der Waals surface area (Å²) in [4.78, 5) is 40.4. The molecular formula is C38H30ClNO9. The SMILES string of the molecule is COc1cc([C@@H]2c3cc4c(cc3C[C@H]3COC(=O)[C@@H]32)OCO4)cc(OC)c1OC(=O)C(=O)c1cn(Cc2cccc(Cl)c2)c2ccccc12. The van der Waals surface area contributed by atoms with Crippen LogP contribution in [0.25, 0.3) is 10.9 Å². The van der Waals surface area contributed by atoms with Gasteiger partial charge in [0.1, 0.15) is 0 Å². The van der Waals surface area contributed by atoms with Gasteiger partial charge in [-0.3, -0.25) is 9.59 Å². The lowest BCUT2D eigenvalue weighted by molar-refractivity contribution is -0.141. The van der Waals surface area contributed by atoms with E-state index in [-0.39, 0.29) is 41.5 Å². The number of benzene rings is 4. The van der Waals surface area contributed by atoms with Gasteiger partial charge >= 0.3 is 11.9 Å². The summed E-state index contributed by atoms with van der Waals surface area (Å²) >= 11 is 6.20. The first-order valence-corrected chi connectivity index (χ1v) is 16.1. The minimum absolute atomic E-state index is 0.0431. The number of carbonyl (C=O) groups excluding carboxylic acids is 3. The maximum absolute atomic E-state index is 13.7. The molecule has 11 heteroatoms. The van der Waals surface area contributed by atoms with E-state index in [2.05, 4.69) is 0 Å². The van der Waals surface area contributed by atoms with Crippen LogP contribution in [0, 0.1) is 11.8 Å². The average Bonchev–Trinajstić information content (AvgIpc) is 3.83. The van der Waals surface area contributed by atoms with Crippen LogP contribution in [0.3, 0.4) is 0 Å². The molecule has 1 saturated heterocycles. The predicted molar refractivity (Wildman–Crippen MR) is 178 cm³/mol. The van der Waals surface area contributed by atoms with E-state index >= 15 is 0 Å². The first-order chi connectivity index (χ1) is 23.8. The zero-order valence-corrected chi connectivity index (χ0v) is 27.3. The van der Waals surface area contributed by atoms with E-state index in [0.29, 0.717) is 47.0 Å². The number of ketones is 1. The van der Waals surface area contributed by atoms with Crippen molar-refractivity contribution in [3.8, 4) is 28.7 Å². The zero-order chi connectivity index (χ0) is 33.8. The van der Waals surface area contributed by atoms with Gasteiger partial charge in [-0.1, -0.05) is 41.9 Å². The van der Waals surface area contributed by atoms with E-state index in [1.807, 2.05) is 47.0 Å². The lowest BCUT2D eigenvalue weighted by atomic mass is 9.67. The van der Waals surface area contributed by atoms with Gasteiger partial charge in [0, 0.05) is 40.5 Å². The molecule has 3 heterocycles. The topological polar surface area (TPSA) is 112 Å². The van der Waals surface area contributed by atoms with Crippen LogP contribution < -0.4 is 23.7 Å². The second kappa shape index (κ2) is 12.2. The Hall–Kier alpha value is -5.48. The molecule has 0 amide bonds. The van der Waals surface area contributed by atoms with Crippen molar-refractivity contribution in [3.05, 3.63) is 112 Å². The number of fused-ring (bicyclic) bond motifs is 4. The maximum atomic E-state index is 13.7. The minimum atomic E-state index is -1.11. The van der Waals surface area contributed by atoms with Gasteiger partial charge in [0.2, 0.25) is 12.5 Å². The van der Waals surface area contributed by atoms with E-state index in [1.54, 1.807) is 36.5 Å². The van der Waals surface area contributed by atoms with Gasteiger partial charge in [-0.2, -0.15) is 0 Å². The van der Waals surface area contributed by atoms with Crippen molar-refractivity contribution in [1.82, 2.24) is 4.57 Å². The number of halogens is 1. The molecule has 0 N–H and O–H groups in total. The Morgan fingerprint density at radius 2 is 1.67 bits per heavy atom. The second-order valence-corrected chi connectivity index (χ2v) is 12.7. The highest BCUT2D eigenvalue weighted by molar-refractivity contribution is 6.43. The predicted octanol–water partition coefficient (Wildman–Crippen LogP) is 6.35. The van der Waals surface area contributed by atoms with Gasteiger partial charge in [-0.15, -0.1) is 0 Å². The van der Waals surface area contributed by atoms with Crippen LogP contribution in [-0.2, 0) is 27.3 Å². The van der Waals surface area contributed by atoms with Crippen LogP contribution in [0.2, 0.25) is 5.02 Å². The first kappa shape index (κ1) is 30.8. The van der Waals surface area contributed by atoms with Crippen molar-refractivity contribution in [2.45, 2.75) is 18.9 Å². The molecule has 4 aromatic carbocycles. The quantitative estimate of drug-likeness (QED) is 0.0801. The molecule has 248 valence electrons. The van der Waals surface area contributed by atoms with Crippen LogP contribution in [0.5, 0.6) is 28.7 Å². The third kappa shape index (κ3) is 5.32. The highest BCUT2D eigenvalue weighted by Crippen LogP contribution is 2.52. The van der Waals surface area contributed by atoms with Gasteiger partial charge < -0.3 is 33.0 Å². The van der Waals surface area contributed by atoms with Gasteiger partial charge in [0.25, 0.3) is 5.78 Å². The number of para-hydroxylation sites is 1. The van der Waals surface area contributed by atoms with E-state index in [1.165, 1.54) is 14.2 Å². The average molecular weight is 680 g/mol. The summed E-state index contributed by atoms with van der Waals surface area (Å²) in [5, 5.41) is 1.21. The molecule has 0 radical (unpaired) electrons. The van der Waals surface area contributed by atoms with Crippen LogP contribution in [0.1, 0.15) is 38.5 Å². The van der Waals surface area contributed by atoms with E-state index < -0.39 is 23.6 Å². The number of aromatic nitrogens is 1. The van der Waals surface area contributed by atoms with Crippen LogP contribution in [0.15, 0.2) is 79.0 Å². The number of rotatable bonds is 8. The maximum Gasteiger partial charge on any atom is 0.385 e. The molecule has 0 saturated carbocycles. The van der Waals surface area contributed by atoms with Crippen LogP contribution in [0.4, 0.5) is 0 Å². The van der Waals surface area contributed by atoms with Crippen LogP contribution in [-0.4, -0.2) is 49.9 Å². The normalized spacial score (nSPS) is 18.8. The Labute approximate surface area is 286 Å². The summed E-state index contributed by atoms with van der Waals surface area (Å²) in [5.41, 5.74) is 4.53. The van der Waals surface area contributed by atoms with E-state index in [0.717, 1.165) is 22.2 Å². The Bertz CT molecular complexity index is 2150. The van der Waals surface area contributed by atoms with Crippen molar-refractivity contribution >= 4 is 40.2 Å². The number of cyclic esters (lactones) is 1. The smallest absolute Gasteiger partial charge is 0.385 e. The molecule has 0 unspecified atom stereocenters. The third-order valence-corrected chi connectivity index (χ3v) is 9.76. The van der Waals surface area contributed by atoms with Crippen molar-refractivity contribution in [2.24, 2.45) is 11.8 Å². The zero-order valence-electron chi connectivity index (χ0n) is 26.6. The molecule has 2 aliphatic heterocycles. The monoisotopic (exact) mass is 679 g/mol. The number of Topliss-reactive ketones (excluding diaryl/α,β-unsaturated/α-hetero) is 1. The fourth-order valence-electron chi connectivity index (χ4n) is 7.32. The molecule has 1 fully saturated rings. The second-order valence-electron chi connectivity index (χ2n) is 12.3. The molecule has 49 heavy (non-hydrogen) atoms. The first-order valence-electron chi connectivity index (χ1n) is 15.8. The molecular weight excluding hydrogens is 650 g/mol. The van der Waals surface area contributed by atoms with Crippen molar-refractivity contribution in [1.29, 1.82) is 0 Å². The van der Waals surface area contributed by atoms with Gasteiger partial charge in [0.15, 0.2) is 23.0 Å². The summed E-state index contributed by atoms with van der Waals surface area (Å²) in [7, 11) is 2.86. The summed E-state index contributed by atoms with van der Waals surface area (Å²) in [6, 6.07) is 22.1. The molecule has 5 aromatic rings. The van der Waals surface area contributed by atoms with E-state index in [4.69, 9.17) is 40.0 Å². The number of esters is 2. The lowest BCUT2D eigenvalue weighted by Gasteiger charge is -2.34. The van der Waals surface area contributed by atoms with Crippen LogP contribution >= 0.6 is 11.6 Å². The molecule has 1 aliphatic carbocycles. The van der Waals surface area contributed by atoms with E-state index in [9.17, 15) is 14.4 Å². The molecule has 3 atom stereocenters. The molecule has 0 bridgehead atoms. The number of hydrogen-bond donors (Lipinski definition) is 0. The minimum Gasteiger partial charge on any atom is -0.493 e. The highest BCUT2D eigenvalue weighted by Gasteiger charge is 2.48. The summed E-state index contributed by atoms with van der Waals surface area (Å²) in [6.07, 6.45) is 2.30. The number of carbonyl (C=O) groups is 3. The standard InChI is InChI=1S/C38H30ClNO9/c1-44-31-13-22(33-26-15-30-29(47-19-48-30)12-21(26)11-23-18-46-37(42)34(23)33)14-32(45-2)36(31)49-38(43)35(41)27-17-40(28-9-4-3-8-25(27)28)16-20-6-5-7-24(39)10-20/h3-10,12-15,17,23,33-34H,11,16,18-19H2,1-2H3/t23-,33+,34-/m0/s1. The Kier molecular flexibility index (Phi) is 7.67. The number of hydrogen-bond acceptors (Lipinski definition) is 9. The Morgan fingerprint density at radius 1 is 0.918 bits per heavy atom. The fourth-order valence-corrected chi connectivity index (χ4v) is 7.54. The van der Waals surface area contributed by atoms with Gasteiger partial charge in [-0.05, 0) is 71.1 Å². The van der Waals surface area contributed by atoms with Crippen molar-refractivity contribution in [3.63, 3.8) is 0 Å². The lowest BCUT2D eigenvalue weighted by Crippen LogP contribution is -2.31. The largest absolute Gasteiger partial charge is 0.493 e. The Balaban J connectivity index is 1.14. The number of methoxy groups -OCH3 is 2. The third-order valence-electron chi connectivity index (χ3n) is 9.53. The molecule has 0 spiro atoms. The molecule has 10 nitrogen and oxygen atoms in total. The summed E-state index contributed by atoms with van der Waals surface area (Å²) < 4.78 is 35.9. The van der Waals surface area contributed by atoms with Gasteiger partial charge in [-0.25, -0.2) is 4.79 Å². The molecule has 1 aromatic heterocycles. The highest BCUT2D eigenvalue weighted by atomic mass is 35.5. The number of ether oxygens (including phenoxy) is 6.